The average Bonchev–Trinajstić information content (AvgIpc) is 3.46. The van der Waals surface area contributed by atoms with Crippen molar-refractivity contribution in [1.29, 1.82) is 0 Å². The number of rotatable bonds is 8. The van der Waals surface area contributed by atoms with Gasteiger partial charge in [0.25, 0.3) is 5.91 Å². The lowest BCUT2D eigenvalue weighted by atomic mass is 9.96. The zero-order chi connectivity index (χ0) is 28.4. The van der Waals surface area contributed by atoms with Crippen molar-refractivity contribution < 1.29 is 40.6 Å². The number of nitrogens with one attached hydrogen (secondary N) is 1. The van der Waals surface area contributed by atoms with Crippen LogP contribution in [0.25, 0.3) is 11.1 Å². The molecule has 0 bridgehead atoms. The highest BCUT2D eigenvalue weighted by Gasteiger charge is 2.44. The van der Waals surface area contributed by atoms with Gasteiger partial charge in [-0.2, -0.15) is 35.4 Å². The van der Waals surface area contributed by atoms with Crippen LogP contribution in [0, 0.1) is 5.82 Å². The van der Waals surface area contributed by atoms with Crippen LogP contribution in [-0.2, 0) is 20.0 Å². The molecule has 0 aliphatic carbocycles. The number of methoxy groups -OCH3 is 1. The van der Waals surface area contributed by atoms with Gasteiger partial charge in [-0.1, -0.05) is 17.3 Å². The van der Waals surface area contributed by atoms with E-state index in [1.165, 1.54) is 36.5 Å². The van der Waals surface area contributed by atoms with Gasteiger partial charge in [0.15, 0.2) is 11.6 Å². The number of hydrazine groups is 1. The van der Waals surface area contributed by atoms with Crippen LogP contribution in [-0.4, -0.2) is 66.5 Å². The lowest BCUT2D eigenvalue weighted by Gasteiger charge is -2.47. The van der Waals surface area contributed by atoms with Crippen LogP contribution in [0.3, 0.4) is 0 Å². The minimum Gasteiger partial charge on any atom is -0.494 e. The van der Waals surface area contributed by atoms with E-state index >= 15 is 4.39 Å². The minimum atomic E-state index is -4.55. The van der Waals surface area contributed by atoms with E-state index in [0.717, 1.165) is 30.4 Å². The third kappa shape index (κ3) is 6.73. The summed E-state index contributed by atoms with van der Waals surface area (Å²) in [6, 6.07) is 8.24. The maximum Gasteiger partial charge on any atom is 0.416 e. The van der Waals surface area contributed by atoms with E-state index in [9.17, 15) is 18.0 Å². The van der Waals surface area contributed by atoms with Gasteiger partial charge in [0.2, 0.25) is 0 Å². The number of ether oxygens (including phenoxy) is 2. The first-order valence-electron chi connectivity index (χ1n) is 12.1. The Morgan fingerprint density at radius 3 is 2.71 bits per heavy atom. The molecule has 5 rings (SSSR count). The zero-order valence-electron chi connectivity index (χ0n) is 21.9. The number of benzene rings is 2. The summed E-state index contributed by atoms with van der Waals surface area (Å²) in [5, 5.41) is 5.63. The third-order valence-corrected chi connectivity index (χ3v) is 7.27. The second-order valence-corrected chi connectivity index (χ2v) is 9.92. The first-order chi connectivity index (χ1) is 19.2. The molecule has 0 radical (unpaired) electrons. The second-order valence-electron chi connectivity index (χ2n) is 9.08. The van der Waals surface area contributed by atoms with Gasteiger partial charge in [-0.15, -0.1) is 0 Å². The van der Waals surface area contributed by atoms with Crippen molar-refractivity contribution in [2.75, 3.05) is 44.2 Å². The molecule has 1 N–H and O–H groups in total. The minimum absolute atomic E-state index is 0. The molecule has 2 fully saturated rings. The molecule has 2 atom stereocenters. The average molecular weight is 618 g/mol. The first-order valence-corrected chi connectivity index (χ1v) is 12.8. The van der Waals surface area contributed by atoms with Gasteiger partial charge in [-0.05, 0) is 41.8 Å². The fourth-order valence-electron chi connectivity index (χ4n) is 4.76. The SMILES string of the molecule is COc1cc(-c2cccc(C(F)(F)F)c2)cc(F)c1N1C(=O)COC2CN(N(C)SONc3ccon3)CCC21.S. The van der Waals surface area contributed by atoms with E-state index in [2.05, 4.69) is 10.6 Å². The Morgan fingerprint density at radius 1 is 1.20 bits per heavy atom. The lowest BCUT2D eigenvalue weighted by Crippen LogP contribution is -2.63. The Bertz CT molecular complexity index is 1350. The van der Waals surface area contributed by atoms with Crippen LogP contribution < -0.4 is 15.1 Å². The smallest absolute Gasteiger partial charge is 0.416 e. The highest BCUT2D eigenvalue weighted by atomic mass is 32.2. The molecular formula is C25H27F4N5O5S2. The number of fused-ring (bicyclic) bond motifs is 1. The number of halogens is 4. The van der Waals surface area contributed by atoms with Crippen molar-refractivity contribution in [3.8, 4) is 16.9 Å². The molecule has 1 amide bonds. The fourth-order valence-corrected chi connectivity index (χ4v) is 5.23. The lowest BCUT2D eigenvalue weighted by molar-refractivity contribution is -0.139. The largest absolute Gasteiger partial charge is 0.494 e. The van der Waals surface area contributed by atoms with Crippen LogP contribution in [0.4, 0.5) is 29.1 Å². The normalized spacial score (nSPS) is 19.6. The number of carbonyl (C=O) groups excluding carboxylic acids is 1. The molecule has 16 heteroatoms. The number of piperidine rings is 1. The summed E-state index contributed by atoms with van der Waals surface area (Å²) in [5.41, 5.74) is 2.06. The number of nitrogens with zero attached hydrogens (tertiary/aromatic N) is 4. The maximum atomic E-state index is 15.7. The second kappa shape index (κ2) is 12.9. The number of carbonyl (C=O) groups is 1. The van der Waals surface area contributed by atoms with E-state index in [-0.39, 0.29) is 42.7 Å². The molecule has 0 spiro atoms. The molecule has 1 aromatic heterocycles. The molecule has 2 aliphatic heterocycles. The van der Waals surface area contributed by atoms with Crippen LogP contribution >= 0.6 is 25.7 Å². The fraction of sp³-hybridized carbons (Fsp3) is 0.360. The van der Waals surface area contributed by atoms with Gasteiger partial charge >= 0.3 is 6.18 Å². The molecule has 222 valence electrons. The molecule has 3 aromatic rings. The van der Waals surface area contributed by atoms with Gasteiger partial charge < -0.3 is 14.0 Å². The van der Waals surface area contributed by atoms with Gasteiger partial charge in [-0.25, -0.2) is 14.9 Å². The Morgan fingerprint density at radius 2 is 2.00 bits per heavy atom. The number of anilines is 2. The summed E-state index contributed by atoms with van der Waals surface area (Å²) >= 11 is 1.01. The molecule has 0 saturated carbocycles. The summed E-state index contributed by atoms with van der Waals surface area (Å²) in [5.74, 6) is -0.798. The van der Waals surface area contributed by atoms with E-state index in [0.29, 0.717) is 25.3 Å². The highest BCUT2D eigenvalue weighted by molar-refractivity contribution is 7.92. The summed E-state index contributed by atoms with van der Waals surface area (Å²) in [6.45, 7) is 0.614. The van der Waals surface area contributed by atoms with Crippen molar-refractivity contribution in [2.24, 2.45) is 0 Å². The van der Waals surface area contributed by atoms with E-state index in [1.807, 2.05) is 5.01 Å². The third-order valence-electron chi connectivity index (χ3n) is 6.66. The number of alkyl halides is 3. The van der Waals surface area contributed by atoms with E-state index < -0.39 is 35.6 Å². The molecule has 2 aliphatic rings. The number of amides is 1. The van der Waals surface area contributed by atoms with Gasteiger partial charge in [0, 0.05) is 26.2 Å². The van der Waals surface area contributed by atoms with Crippen molar-refractivity contribution in [3.63, 3.8) is 0 Å². The van der Waals surface area contributed by atoms with E-state index in [1.54, 1.807) is 17.5 Å². The highest BCUT2D eigenvalue weighted by Crippen LogP contribution is 2.41. The molecular weight excluding hydrogens is 590 g/mol. The van der Waals surface area contributed by atoms with Crippen molar-refractivity contribution in [1.82, 2.24) is 14.6 Å². The topological polar surface area (TPSA) is 92.5 Å². The van der Waals surface area contributed by atoms with Gasteiger partial charge in [0.05, 0.1) is 24.8 Å². The van der Waals surface area contributed by atoms with Crippen molar-refractivity contribution in [3.05, 3.63) is 60.1 Å². The summed E-state index contributed by atoms with van der Waals surface area (Å²) in [7, 11) is 3.11. The van der Waals surface area contributed by atoms with E-state index in [4.69, 9.17) is 18.3 Å². The molecule has 2 unspecified atom stereocenters. The standard InChI is InChI=1S/C25H25F4N5O5S.H2S/c1-32(40-39-31-22-7-9-38-30-22)33-8-6-19-21(13-33)37-14-23(35)34(19)24-18(26)11-16(12-20(24)36-2)15-4-3-5-17(10-15)25(27,28)29;/h3-5,7,9-12,19,21H,6,8,13-14H2,1-2H3,(H,30,31);1H2. The predicted molar refractivity (Wildman–Crippen MR) is 148 cm³/mol. The molecule has 10 nitrogen and oxygen atoms in total. The molecule has 3 heterocycles. The van der Waals surface area contributed by atoms with Crippen LogP contribution in [0.5, 0.6) is 5.75 Å². The van der Waals surface area contributed by atoms with Gasteiger partial charge in [0.1, 0.15) is 36.5 Å². The Kier molecular flexibility index (Phi) is 9.71. The predicted octanol–water partition coefficient (Wildman–Crippen LogP) is 4.88. The summed E-state index contributed by atoms with van der Waals surface area (Å²) in [6.07, 6.45) is -3.16. The van der Waals surface area contributed by atoms with Crippen molar-refractivity contribution in [2.45, 2.75) is 24.7 Å². The van der Waals surface area contributed by atoms with Crippen LogP contribution in [0.15, 0.2) is 53.3 Å². The Labute approximate surface area is 244 Å². The maximum absolute atomic E-state index is 15.7. The molecule has 2 aromatic carbocycles. The number of aromatic nitrogens is 1. The Balaban J connectivity index is 0.00000387. The summed E-state index contributed by atoms with van der Waals surface area (Å²) in [4.78, 5) is 14.4. The Hall–Kier alpha value is -3.02. The van der Waals surface area contributed by atoms with Crippen LogP contribution in [0.1, 0.15) is 12.0 Å². The summed E-state index contributed by atoms with van der Waals surface area (Å²) < 4.78 is 78.5. The van der Waals surface area contributed by atoms with Gasteiger partial charge in [-0.3, -0.25) is 9.69 Å². The van der Waals surface area contributed by atoms with Crippen LogP contribution in [0.2, 0.25) is 0 Å². The molecule has 2 saturated heterocycles. The molecule has 41 heavy (non-hydrogen) atoms. The first kappa shape index (κ1) is 30.9. The van der Waals surface area contributed by atoms with Crippen molar-refractivity contribution >= 4 is 43.1 Å². The quantitative estimate of drug-likeness (QED) is 0.163. The number of morpholine rings is 1. The number of hydrogen-bond donors (Lipinski definition) is 1. The number of hydrogen-bond acceptors (Lipinski definition) is 10. The monoisotopic (exact) mass is 617 g/mol. The zero-order valence-corrected chi connectivity index (χ0v) is 23.7.